The average Bonchev–Trinajstić information content (AvgIpc) is 2.71. The molecule has 1 spiro atoms. The Kier molecular flexibility index (Phi) is 2.09. The van der Waals surface area contributed by atoms with E-state index in [4.69, 9.17) is 0 Å². The third kappa shape index (κ3) is 1.42. The molecular formula is C11H19NS. The summed E-state index contributed by atoms with van der Waals surface area (Å²) >= 11 is 2.15. The predicted octanol–water partition coefficient (Wildman–Crippen LogP) is 2.37. The van der Waals surface area contributed by atoms with Crippen molar-refractivity contribution < 1.29 is 0 Å². The van der Waals surface area contributed by atoms with Gasteiger partial charge in [-0.3, -0.25) is 4.90 Å². The van der Waals surface area contributed by atoms with E-state index in [9.17, 15) is 0 Å². The van der Waals surface area contributed by atoms with Crippen LogP contribution in [0.15, 0.2) is 0 Å². The second-order valence-electron chi connectivity index (χ2n) is 5.15. The Hall–Kier alpha value is 0.310. The summed E-state index contributed by atoms with van der Waals surface area (Å²) in [6.45, 7) is 2.84. The molecule has 0 atom stereocenters. The van der Waals surface area contributed by atoms with Gasteiger partial charge in [0.15, 0.2) is 0 Å². The van der Waals surface area contributed by atoms with E-state index in [1.807, 2.05) is 0 Å². The maximum Gasteiger partial charge on any atom is 0.00955 e. The summed E-state index contributed by atoms with van der Waals surface area (Å²) in [4.78, 5) is 2.80. The maximum atomic E-state index is 2.80. The number of hydrogen-bond acceptors (Lipinski definition) is 2. The first kappa shape index (κ1) is 8.60. The van der Waals surface area contributed by atoms with Crippen molar-refractivity contribution in [2.75, 3.05) is 24.6 Å². The van der Waals surface area contributed by atoms with Crippen LogP contribution in [0.2, 0.25) is 0 Å². The monoisotopic (exact) mass is 197 g/mol. The molecule has 74 valence electrons. The molecule has 13 heavy (non-hydrogen) atoms. The smallest absolute Gasteiger partial charge is 0.00955 e. The molecule has 0 radical (unpaired) electrons. The van der Waals surface area contributed by atoms with Gasteiger partial charge in [0.1, 0.15) is 0 Å². The van der Waals surface area contributed by atoms with E-state index in [2.05, 4.69) is 16.7 Å². The molecule has 2 aliphatic heterocycles. The van der Waals surface area contributed by atoms with Gasteiger partial charge in [-0.05, 0) is 25.8 Å². The quantitative estimate of drug-likeness (QED) is 0.635. The van der Waals surface area contributed by atoms with Gasteiger partial charge in [0.2, 0.25) is 0 Å². The summed E-state index contributed by atoms with van der Waals surface area (Å²) in [6.07, 6.45) is 7.45. The minimum Gasteiger partial charge on any atom is -0.300 e. The Morgan fingerprint density at radius 1 is 1.15 bits per heavy atom. The van der Waals surface area contributed by atoms with Crippen LogP contribution in [0, 0.1) is 5.41 Å². The van der Waals surface area contributed by atoms with Gasteiger partial charge in [-0.15, -0.1) is 0 Å². The first-order chi connectivity index (χ1) is 6.38. The van der Waals surface area contributed by atoms with E-state index >= 15 is 0 Å². The Bertz CT molecular complexity index is 194. The summed E-state index contributed by atoms with van der Waals surface area (Å²) in [5, 5.41) is 0. The van der Waals surface area contributed by atoms with Crippen molar-refractivity contribution in [1.29, 1.82) is 0 Å². The fourth-order valence-corrected chi connectivity index (χ4v) is 4.43. The standard InChI is InChI=1S/C11H19NS/c1-2-4-10(3-1)12-6-5-11(7-12)8-13-9-11/h10H,1-9H2. The average molecular weight is 197 g/mol. The molecular weight excluding hydrogens is 178 g/mol. The van der Waals surface area contributed by atoms with Crippen LogP contribution in [-0.4, -0.2) is 35.5 Å². The van der Waals surface area contributed by atoms with Crippen molar-refractivity contribution >= 4 is 11.8 Å². The van der Waals surface area contributed by atoms with Crippen molar-refractivity contribution in [2.24, 2.45) is 5.41 Å². The summed E-state index contributed by atoms with van der Waals surface area (Å²) in [5.74, 6) is 2.91. The molecule has 1 nitrogen and oxygen atoms in total. The van der Waals surface area contributed by atoms with Gasteiger partial charge in [0.05, 0.1) is 0 Å². The van der Waals surface area contributed by atoms with Gasteiger partial charge in [0.25, 0.3) is 0 Å². The SMILES string of the molecule is C1CCC(N2CCC3(CSC3)C2)C1. The van der Waals surface area contributed by atoms with Crippen molar-refractivity contribution in [3.63, 3.8) is 0 Å². The van der Waals surface area contributed by atoms with Crippen LogP contribution < -0.4 is 0 Å². The van der Waals surface area contributed by atoms with Crippen LogP contribution in [0.1, 0.15) is 32.1 Å². The molecule has 2 saturated heterocycles. The second-order valence-corrected chi connectivity index (χ2v) is 6.14. The van der Waals surface area contributed by atoms with Crippen LogP contribution in [0.5, 0.6) is 0 Å². The summed E-state index contributed by atoms with van der Waals surface area (Å²) in [7, 11) is 0. The molecule has 0 aromatic heterocycles. The summed E-state index contributed by atoms with van der Waals surface area (Å²) in [6, 6.07) is 0.977. The third-order valence-electron chi connectivity index (χ3n) is 4.13. The highest BCUT2D eigenvalue weighted by atomic mass is 32.2. The number of nitrogens with zero attached hydrogens (tertiary/aromatic N) is 1. The van der Waals surface area contributed by atoms with Gasteiger partial charge in [-0.25, -0.2) is 0 Å². The fraction of sp³-hybridized carbons (Fsp3) is 1.00. The Morgan fingerprint density at radius 2 is 1.92 bits per heavy atom. The lowest BCUT2D eigenvalue weighted by molar-refractivity contribution is 0.219. The van der Waals surface area contributed by atoms with Crippen LogP contribution >= 0.6 is 11.8 Å². The highest BCUT2D eigenvalue weighted by Gasteiger charge is 2.45. The number of thioether (sulfide) groups is 1. The largest absolute Gasteiger partial charge is 0.300 e. The maximum absolute atomic E-state index is 2.80. The van der Waals surface area contributed by atoms with Crippen LogP contribution in [0.4, 0.5) is 0 Å². The van der Waals surface area contributed by atoms with E-state index in [1.54, 1.807) is 0 Å². The van der Waals surface area contributed by atoms with Gasteiger partial charge < -0.3 is 0 Å². The lowest BCUT2D eigenvalue weighted by atomic mass is 9.91. The van der Waals surface area contributed by atoms with Gasteiger partial charge in [-0.1, -0.05) is 12.8 Å². The Morgan fingerprint density at radius 3 is 2.46 bits per heavy atom. The normalized spacial score (nSPS) is 34.2. The van der Waals surface area contributed by atoms with Crippen molar-refractivity contribution in [3.05, 3.63) is 0 Å². The zero-order valence-corrected chi connectivity index (χ0v) is 9.11. The van der Waals surface area contributed by atoms with E-state index in [0.29, 0.717) is 0 Å². The number of hydrogen-bond donors (Lipinski definition) is 0. The molecule has 3 fully saturated rings. The lowest BCUT2D eigenvalue weighted by Crippen LogP contribution is -2.40. The van der Waals surface area contributed by atoms with Crippen LogP contribution in [0.25, 0.3) is 0 Å². The fourth-order valence-electron chi connectivity index (χ4n) is 3.18. The minimum absolute atomic E-state index is 0.785. The zero-order chi connectivity index (χ0) is 8.73. The van der Waals surface area contributed by atoms with Gasteiger partial charge in [0, 0.05) is 29.5 Å². The molecule has 0 N–H and O–H groups in total. The van der Waals surface area contributed by atoms with Crippen molar-refractivity contribution in [3.8, 4) is 0 Å². The zero-order valence-electron chi connectivity index (χ0n) is 8.30. The molecule has 2 heteroatoms. The Balaban J connectivity index is 1.61. The molecule has 0 unspecified atom stereocenters. The predicted molar refractivity (Wildman–Crippen MR) is 58.2 cm³/mol. The number of likely N-dealkylation sites (tertiary alicyclic amines) is 1. The van der Waals surface area contributed by atoms with Gasteiger partial charge in [-0.2, -0.15) is 11.8 Å². The molecule has 1 aliphatic carbocycles. The van der Waals surface area contributed by atoms with E-state index in [0.717, 1.165) is 11.5 Å². The topological polar surface area (TPSA) is 3.24 Å². The van der Waals surface area contributed by atoms with E-state index < -0.39 is 0 Å². The number of rotatable bonds is 1. The first-order valence-corrected chi connectivity index (χ1v) is 6.85. The molecule has 0 aromatic rings. The summed E-state index contributed by atoms with van der Waals surface area (Å²) < 4.78 is 0. The first-order valence-electron chi connectivity index (χ1n) is 5.70. The molecule has 0 aromatic carbocycles. The molecule has 3 aliphatic rings. The highest BCUT2D eigenvalue weighted by molar-refractivity contribution is 8.00. The molecule has 3 rings (SSSR count). The lowest BCUT2D eigenvalue weighted by Gasteiger charge is -2.38. The third-order valence-corrected chi connectivity index (χ3v) is 5.76. The van der Waals surface area contributed by atoms with E-state index in [-0.39, 0.29) is 0 Å². The molecule has 1 saturated carbocycles. The van der Waals surface area contributed by atoms with Crippen LogP contribution in [0.3, 0.4) is 0 Å². The molecule has 0 bridgehead atoms. The van der Waals surface area contributed by atoms with Crippen molar-refractivity contribution in [1.82, 2.24) is 4.90 Å². The minimum atomic E-state index is 0.785. The Labute approximate surface area is 85.3 Å². The second kappa shape index (κ2) is 3.16. The van der Waals surface area contributed by atoms with Gasteiger partial charge >= 0.3 is 0 Å². The molecule has 2 heterocycles. The molecule has 0 amide bonds. The van der Waals surface area contributed by atoms with Crippen LogP contribution in [-0.2, 0) is 0 Å². The van der Waals surface area contributed by atoms with E-state index in [1.165, 1.54) is 56.7 Å². The summed E-state index contributed by atoms with van der Waals surface area (Å²) in [5.41, 5.74) is 0.785. The highest BCUT2D eigenvalue weighted by Crippen LogP contribution is 2.46. The van der Waals surface area contributed by atoms with Crippen molar-refractivity contribution in [2.45, 2.75) is 38.1 Å².